The van der Waals surface area contributed by atoms with E-state index in [4.69, 9.17) is 9.47 Å². The Hall–Kier alpha value is -3.52. The predicted molar refractivity (Wildman–Crippen MR) is 135 cm³/mol. The predicted octanol–water partition coefficient (Wildman–Crippen LogP) is 2.97. The van der Waals surface area contributed by atoms with Crippen molar-refractivity contribution in [3.63, 3.8) is 0 Å². The Bertz CT molecular complexity index is 1150. The molecular formula is C28H29NO6S-2. The van der Waals surface area contributed by atoms with E-state index in [1.807, 2.05) is 30.3 Å². The maximum atomic E-state index is 11.0. The number of pyridine rings is 1. The molecule has 0 N–H and O–H groups in total. The lowest BCUT2D eigenvalue weighted by atomic mass is 10.1. The van der Waals surface area contributed by atoms with E-state index in [2.05, 4.69) is 17.1 Å². The van der Waals surface area contributed by atoms with Gasteiger partial charge in [-0.1, -0.05) is 30.3 Å². The lowest BCUT2D eigenvalue weighted by Gasteiger charge is -2.13. The summed E-state index contributed by atoms with van der Waals surface area (Å²) >= 11 is 1.59. The van der Waals surface area contributed by atoms with Crippen LogP contribution in [-0.4, -0.2) is 30.6 Å². The minimum Gasteiger partial charge on any atom is -0.550 e. The summed E-state index contributed by atoms with van der Waals surface area (Å²) in [4.78, 5) is 26.7. The average Bonchev–Trinajstić information content (AvgIpc) is 2.88. The molecule has 1 heterocycles. The van der Waals surface area contributed by atoms with E-state index in [1.54, 1.807) is 31.0 Å². The normalized spacial score (nSPS) is 10.7. The van der Waals surface area contributed by atoms with Crippen LogP contribution in [0.4, 0.5) is 0 Å². The van der Waals surface area contributed by atoms with E-state index in [-0.39, 0.29) is 18.4 Å². The summed E-state index contributed by atoms with van der Waals surface area (Å²) < 4.78 is 11.1. The smallest absolute Gasteiger partial charge is 0.140 e. The maximum absolute atomic E-state index is 11.0. The standard InChI is InChI=1S/C28H31NO6S/c1-34-24-11-8-20(9-12-24)5-2-3-16-35-26-14-10-23(29-25(26)13-15-27(30)31)19-36-18-21-6-4-7-22(17-21)28(32)33/h4,6-12,14,17H,2-3,5,13,15-16,18-19H2,1H3,(H,30,31)(H,32,33)/p-2. The molecule has 36 heavy (non-hydrogen) atoms. The largest absolute Gasteiger partial charge is 0.550 e. The van der Waals surface area contributed by atoms with Gasteiger partial charge in [0.15, 0.2) is 0 Å². The van der Waals surface area contributed by atoms with Crippen LogP contribution in [0.2, 0.25) is 0 Å². The van der Waals surface area contributed by atoms with Gasteiger partial charge in [-0.2, -0.15) is 11.8 Å². The van der Waals surface area contributed by atoms with Gasteiger partial charge in [-0.25, -0.2) is 0 Å². The zero-order chi connectivity index (χ0) is 25.8. The van der Waals surface area contributed by atoms with Crippen molar-refractivity contribution in [3.05, 3.63) is 88.7 Å². The number of carboxylic acid groups (broad SMARTS) is 2. The first-order valence-electron chi connectivity index (χ1n) is 11.8. The van der Waals surface area contributed by atoms with E-state index >= 15 is 0 Å². The molecule has 0 aliphatic rings. The monoisotopic (exact) mass is 507 g/mol. The van der Waals surface area contributed by atoms with Crippen LogP contribution in [0.3, 0.4) is 0 Å². The van der Waals surface area contributed by atoms with Crippen molar-refractivity contribution in [3.8, 4) is 11.5 Å². The number of carbonyl (C=O) groups is 2. The number of benzene rings is 2. The summed E-state index contributed by atoms with van der Waals surface area (Å²) in [6.45, 7) is 0.513. The molecule has 0 spiro atoms. The summed E-state index contributed by atoms with van der Waals surface area (Å²) in [6, 6.07) is 18.4. The van der Waals surface area contributed by atoms with Crippen LogP contribution in [-0.2, 0) is 29.1 Å². The second-order valence-electron chi connectivity index (χ2n) is 8.25. The van der Waals surface area contributed by atoms with Gasteiger partial charge >= 0.3 is 0 Å². The Kier molecular flexibility index (Phi) is 10.6. The summed E-state index contributed by atoms with van der Waals surface area (Å²) in [5.41, 5.74) is 3.68. The molecule has 8 heteroatoms. The summed E-state index contributed by atoms with van der Waals surface area (Å²) in [5.74, 6) is 0.313. The molecule has 3 aromatic rings. The number of hydrogen-bond acceptors (Lipinski definition) is 8. The molecule has 0 radical (unpaired) electrons. The number of hydrogen-bond donors (Lipinski definition) is 0. The fourth-order valence-corrected chi connectivity index (χ4v) is 4.50. The minimum absolute atomic E-state index is 0.132. The first-order chi connectivity index (χ1) is 17.4. The Labute approximate surface area is 215 Å². The van der Waals surface area contributed by atoms with Crippen molar-refractivity contribution >= 4 is 23.7 Å². The Morgan fingerprint density at radius 3 is 2.44 bits per heavy atom. The summed E-state index contributed by atoms with van der Waals surface area (Å²) in [7, 11) is 1.65. The third kappa shape index (κ3) is 8.92. The Balaban J connectivity index is 1.51. The molecule has 0 unspecified atom stereocenters. The fourth-order valence-electron chi connectivity index (χ4n) is 3.61. The molecule has 0 aliphatic heterocycles. The minimum atomic E-state index is -1.20. The van der Waals surface area contributed by atoms with E-state index < -0.39 is 11.9 Å². The van der Waals surface area contributed by atoms with Gasteiger partial charge in [-0.3, -0.25) is 4.98 Å². The molecule has 0 aliphatic carbocycles. The Morgan fingerprint density at radius 2 is 1.72 bits per heavy atom. The van der Waals surface area contributed by atoms with E-state index in [9.17, 15) is 19.8 Å². The number of aromatic carboxylic acids is 1. The van der Waals surface area contributed by atoms with Gasteiger partial charge in [0.2, 0.25) is 0 Å². The van der Waals surface area contributed by atoms with Crippen LogP contribution in [0.25, 0.3) is 0 Å². The molecule has 7 nitrogen and oxygen atoms in total. The van der Waals surface area contributed by atoms with Gasteiger partial charge in [0.05, 0.1) is 31.1 Å². The molecule has 0 amide bonds. The van der Waals surface area contributed by atoms with Crippen LogP contribution in [0, 0.1) is 0 Å². The van der Waals surface area contributed by atoms with Gasteiger partial charge < -0.3 is 29.3 Å². The molecule has 1 aromatic heterocycles. The molecule has 0 saturated carbocycles. The maximum Gasteiger partial charge on any atom is 0.140 e. The van der Waals surface area contributed by atoms with Gasteiger partial charge in [0, 0.05) is 17.5 Å². The lowest BCUT2D eigenvalue weighted by molar-refractivity contribution is -0.305. The highest BCUT2D eigenvalue weighted by atomic mass is 32.2. The lowest BCUT2D eigenvalue weighted by Crippen LogP contribution is -2.22. The van der Waals surface area contributed by atoms with Crippen LogP contribution in [0.1, 0.15) is 52.1 Å². The topological polar surface area (TPSA) is 112 Å². The van der Waals surface area contributed by atoms with Gasteiger partial charge in [-0.15, -0.1) is 0 Å². The first kappa shape index (κ1) is 27.1. The highest BCUT2D eigenvalue weighted by Gasteiger charge is 2.09. The molecule has 2 aromatic carbocycles. The number of carboxylic acids is 2. The SMILES string of the molecule is COc1ccc(CCCCOc2ccc(CSCc3cccc(C(=O)[O-])c3)nc2CCC(=O)[O-])cc1. The molecule has 0 fully saturated rings. The van der Waals surface area contributed by atoms with Crippen molar-refractivity contribution < 1.29 is 29.3 Å². The van der Waals surface area contributed by atoms with Crippen molar-refractivity contribution in [1.29, 1.82) is 0 Å². The second kappa shape index (κ2) is 14.1. The van der Waals surface area contributed by atoms with Gasteiger partial charge in [0.25, 0.3) is 0 Å². The number of aliphatic carboxylic acids is 1. The highest BCUT2D eigenvalue weighted by molar-refractivity contribution is 7.97. The van der Waals surface area contributed by atoms with Crippen molar-refractivity contribution in [2.45, 2.75) is 43.6 Å². The van der Waals surface area contributed by atoms with Crippen LogP contribution in [0.15, 0.2) is 60.7 Å². The van der Waals surface area contributed by atoms with Crippen LogP contribution in [0.5, 0.6) is 11.5 Å². The molecular weight excluding hydrogens is 478 g/mol. The molecule has 0 atom stereocenters. The first-order valence-corrected chi connectivity index (χ1v) is 12.9. The molecule has 3 rings (SSSR count). The van der Waals surface area contributed by atoms with Gasteiger partial charge in [0.1, 0.15) is 11.5 Å². The second-order valence-corrected chi connectivity index (χ2v) is 9.24. The zero-order valence-electron chi connectivity index (χ0n) is 20.2. The number of aromatic nitrogens is 1. The molecule has 0 saturated heterocycles. The number of carbonyl (C=O) groups excluding carboxylic acids is 2. The van der Waals surface area contributed by atoms with Gasteiger partial charge in [-0.05, 0) is 79.1 Å². The average molecular weight is 508 g/mol. The number of aryl methyl sites for hydroxylation is 2. The van der Waals surface area contributed by atoms with E-state index in [0.29, 0.717) is 29.6 Å². The van der Waals surface area contributed by atoms with E-state index in [0.717, 1.165) is 36.3 Å². The van der Waals surface area contributed by atoms with Crippen molar-refractivity contribution in [2.24, 2.45) is 0 Å². The number of nitrogens with zero attached hydrogens (tertiary/aromatic N) is 1. The summed E-state index contributed by atoms with van der Waals surface area (Å²) in [5, 5.41) is 22.0. The number of rotatable bonds is 15. The molecule has 190 valence electrons. The van der Waals surface area contributed by atoms with Crippen molar-refractivity contribution in [1.82, 2.24) is 4.98 Å². The quantitative estimate of drug-likeness (QED) is 0.289. The van der Waals surface area contributed by atoms with Crippen LogP contribution >= 0.6 is 11.8 Å². The van der Waals surface area contributed by atoms with Crippen molar-refractivity contribution in [2.75, 3.05) is 13.7 Å². The number of methoxy groups -OCH3 is 1. The molecule has 0 bridgehead atoms. The zero-order valence-corrected chi connectivity index (χ0v) is 21.1. The third-order valence-corrected chi connectivity index (χ3v) is 6.55. The number of unbranched alkanes of at least 4 members (excludes halogenated alkanes) is 1. The van der Waals surface area contributed by atoms with Crippen LogP contribution < -0.4 is 19.7 Å². The highest BCUT2D eigenvalue weighted by Crippen LogP contribution is 2.23. The third-order valence-electron chi connectivity index (χ3n) is 5.51. The fraction of sp³-hybridized carbons (Fsp3) is 0.321. The Morgan fingerprint density at radius 1 is 0.917 bits per heavy atom. The summed E-state index contributed by atoms with van der Waals surface area (Å²) in [6.07, 6.45) is 2.85. The van der Waals surface area contributed by atoms with E-state index in [1.165, 1.54) is 11.6 Å². The number of thioether (sulfide) groups is 1. The number of ether oxygens (including phenoxy) is 2.